The summed E-state index contributed by atoms with van der Waals surface area (Å²) in [6.07, 6.45) is -33.2. The van der Waals surface area contributed by atoms with Crippen molar-refractivity contribution in [1.29, 1.82) is 0 Å². The smallest absolute Gasteiger partial charge is 0.187 e. The molecule has 43 heavy (non-hydrogen) atoms. The van der Waals surface area contributed by atoms with E-state index in [1.165, 1.54) is 13.8 Å². The summed E-state index contributed by atoms with van der Waals surface area (Å²) in [5.74, 6) is 0. The van der Waals surface area contributed by atoms with Crippen molar-refractivity contribution in [3.63, 3.8) is 0 Å². The molecule has 0 saturated carbocycles. The van der Waals surface area contributed by atoms with Gasteiger partial charge in [0.15, 0.2) is 25.2 Å². The molecule has 12 N–H and O–H groups in total. The first-order valence-electron chi connectivity index (χ1n) is 13.8. The Labute approximate surface area is 244 Å². The molecule has 20 atom stereocenters. The molecule has 4 rings (SSSR count). The normalized spacial score (nSPS) is 54.8. The topological polar surface area (TPSA) is 307 Å². The minimum absolute atomic E-state index is 0.832. The Kier molecular flexibility index (Phi) is 11.7. The Morgan fingerprint density at radius 1 is 0.419 bits per heavy atom. The molecule has 0 aromatic rings. The fraction of sp³-hybridized carbons (Fsp3) is 1.00. The van der Waals surface area contributed by atoms with Gasteiger partial charge in [-0.1, -0.05) is 0 Å². The Hall–Kier alpha value is -0.760. The molecule has 0 aromatic heterocycles. The summed E-state index contributed by atoms with van der Waals surface area (Å²) >= 11 is 0. The molecule has 0 aliphatic carbocycles. The minimum Gasteiger partial charge on any atom is -0.394 e. The van der Waals surface area contributed by atoms with Crippen LogP contribution < -0.4 is 0 Å². The van der Waals surface area contributed by atoms with Crippen molar-refractivity contribution in [3.05, 3.63) is 0 Å². The van der Waals surface area contributed by atoms with E-state index in [0.717, 1.165) is 0 Å². The average molecular weight is 635 g/mol. The number of ether oxygens (including phenoxy) is 7. The highest BCUT2D eigenvalue weighted by molar-refractivity contribution is 4.97. The molecule has 19 heteroatoms. The van der Waals surface area contributed by atoms with E-state index in [1.807, 2.05) is 0 Å². The maximum atomic E-state index is 10.9. The highest BCUT2D eigenvalue weighted by atomic mass is 16.8. The van der Waals surface area contributed by atoms with E-state index >= 15 is 0 Å². The largest absolute Gasteiger partial charge is 0.394 e. The van der Waals surface area contributed by atoms with Gasteiger partial charge in [-0.3, -0.25) is 0 Å². The second-order valence-electron chi connectivity index (χ2n) is 11.1. The summed E-state index contributed by atoms with van der Waals surface area (Å²) < 4.78 is 38.9. The molecule has 0 unspecified atom stereocenters. The van der Waals surface area contributed by atoms with E-state index in [9.17, 15) is 61.3 Å². The van der Waals surface area contributed by atoms with Gasteiger partial charge in [-0.25, -0.2) is 0 Å². The van der Waals surface area contributed by atoms with E-state index in [4.69, 9.17) is 33.2 Å². The average Bonchev–Trinajstić information content (AvgIpc) is 2.98. The Morgan fingerprint density at radius 2 is 0.884 bits per heavy atom. The van der Waals surface area contributed by atoms with Gasteiger partial charge in [0.05, 0.1) is 25.4 Å². The van der Waals surface area contributed by atoms with E-state index < -0.39 is 136 Å². The van der Waals surface area contributed by atoms with Crippen LogP contribution in [0.1, 0.15) is 13.8 Å². The third kappa shape index (κ3) is 7.00. The van der Waals surface area contributed by atoms with E-state index in [1.54, 1.807) is 0 Å². The van der Waals surface area contributed by atoms with Gasteiger partial charge in [0.2, 0.25) is 0 Å². The van der Waals surface area contributed by atoms with Crippen LogP contribution in [-0.4, -0.2) is 197 Å². The summed E-state index contributed by atoms with van der Waals surface area (Å²) in [5, 5.41) is 123. The quantitative estimate of drug-likeness (QED) is 0.118. The molecule has 0 amide bonds. The van der Waals surface area contributed by atoms with Gasteiger partial charge in [-0.05, 0) is 13.8 Å². The van der Waals surface area contributed by atoms with Crippen molar-refractivity contribution in [1.82, 2.24) is 0 Å². The molecular weight excluding hydrogens is 592 g/mol. The first-order chi connectivity index (χ1) is 20.2. The van der Waals surface area contributed by atoms with E-state index in [0.29, 0.717) is 0 Å². The lowest BCUT2D eigenvalue weighted by Gasteiger charge is -2.49. The molecule has 0 aromatic carbocycles. The third-order valence-corrected chi connectivity index (χ3v) is 8.13. The Bertz CT molecular complexity index is 886. The lowest BCUT2D eigenvalue weighted by molar-refractivity contribution is -0.398. The monoisotopic (exact) mass is 634 g/mol. The molecule has 0 radical (unpaired) electrons. The van der Waals surface area contributed by atoms with Gasteiger partial charge < -0.3 is 94.4 Å². The second kappa shape index (κ2) is 14.3. The third-order valence-electron chi connectivity index (χ3n) is 8.13. The van der Waals surface area contributed by atoms with Gasteiger partial charge in [0, 0.05) is 0 Å². The number of hydrogen-bond acceptors (Lipinski definition) is 19. The molecule has 4 fully saturated rings. The Morgan fingerprint density at radius 3 is 1.37 bits per heavy atom. The van der Waals surface area contributed by atoms with Gasteiger partial charge in [-0.15, -0.1) is 0 Å². The van der Waals surface area contributed by atoms with Crippen LogP contribution in [0, 0.1) is 0 Å². The molecular formula is C24H42O19. The van der Waals surface area contributed by atoms with Gasteiger partial charge >= 0.3 is 0 Å². The number of rotatable bonds is 8. The van der Waals surface area contributed by atoms with Crippen molar-refractivity contribution in [3.8, 4) is 0 Å². The maximum absolute atomic E-state index is 10.9. The minimum atomic E-state index is -1.97. The molecule has 4 aliphatic rings. The van der Waals surface area contributed by atoms with Gasteiger partial charge in [0.1, 0.15) is 85.5 Å². The zero-order valence-corrected chi connectivity index (χ0v) is 23.2. The first-order valence-corrected chi connectivity index (χ1v) is 13.8. The fourth-order valence-corrected chi connectivity index (χ4v) is 5.40. The lowest BCUT2D eigenvalue weighted by Crippen LogP contribution is -2.67. The van der Waals surface area contributed by atoms with Crippen LogP contribution in [0.2, 0.25) is 0 Å². The van der Waals surface area contributed by atoms with Crippen molar-refractivity contribution >= 4 is 0 Å². The van der Waals surface area contributed by atoms with Crippen molar-refractivity contribution < 1.29 is 94.4 Å². The second-order valence-corrected chi connectivity index (χ2v) is 11.1. The van der Waals surface area contributed by atoms with Crippen molar-refractivity contribution in [2.75, 3.05) is 13.2 Å². The van der Waals surface area contributed by atoms with Crippen molar-refractivity contribution in [2.45, 2.75) is 137 Å². The predicted octanol–water partition coefficient (Wildman–Crippen LogP) is -7.69. The molecule has 19 nitrogen and oxygen atoms in total. The predicted molar refractivity (Wildman–Crippen MR) is 131 cm³/mol. The van der Waals surface area contributed by atoms with Crippen LogP contribution in [-0.2, 0) is 33.2 Å². The zero-order chi connectivity index (χ0) is 31.9. The number of aliphatic hydroxyl groups excluding tert-OH is 12. The molecule has 4 heterocycles. The highest BCUT2D eigenvalue weighted by Gasteiger charge is 2.55. The summed E-state index contributed by atoms with van der Waals surface area (Å²) in [6, 6.07) is 0. The fourth-order valence-electron chi connectivity index (χ4n) is 5.40. The standard InChI is InChI=1S/C24H42O19/c1-5-9(27)12(30)15(33)22(37-5)42-19-17(35)21(36)39-8(4-26)18(19)41-24-20(14(32)11(29)7(3-25)40-24)43-23-16(34)13(31)10(28)6(2)38-23/h5-36H,3-4H2,1-2H3/t5-,6-,7+,8+,9+,10+,11-,12+,13+,14-,15-,16-,17+,18+,19+,20+,21-,22-,23-,24-/m0/s1. The SMILES string of the molecule is C[C@@H]1O[C@@H](O[C@@H]2[C@@H](O)[C@@H](O)O[C@H](CO)[C@H]2O[C@@H]2O[C@H](CO)[C@H](O)[C@H](O)[C@H]2O[C@@H]2O[C@@H](C)[C@@H](O)[C@@H](O)[C@@H]2O)[C@@H](O)[C@H](O)[C@@H]1O. The molecule has 0 spiro atoms. The van der Waals surface area contributed by atoms with Crippen LogP contribution in [0.4, 0.5) is 0 Å². The summed E-state index contributed by atoms with van der Waals surface area (Å²) in [6.45, 7) is 1.04. The Balaban J connectivity index is 1.62. The zero-order valence-electron chi connectivity index (χ0n) is 23.2. The van der Waals surface area contributed by atoms with Crippen LogP contribution >= 0.6 is 0 Å². The van der Waals surface area contributed by atoms with Gasteiger partial charge in [-0.2, -0.15) is 0 Å². The number of aliphatic hydroxyl groups is 12. The highest BCUT2D eigenvalue weighted by Crippen LogP contribution is 2.35. The van der Waals surface area contributed by atoms with Crippen LogP contribution in [0.15, 0.2) is 0 Å². The number of hydrogen-bond donors (Lipinski definition) is 12. The van der Waals surface area contributed by atoms with Gasteiger partial charge in [0.25, 0.3) is 0 Å². The van der Waals surface area contributed by atoms with Crippen molar-refractivity contribution in [2.24, 2.45) is 0 Å². The summed E-state index contributed by atoms with van der Waals surface area (Å²) in [5.41, 5.74) is 0. The molecule has 0 bridgehead atoms. The van der Waals surface area contributed by atoms with Crippen LogP contribution in [0.5, 0.6) is 0 Å². The molecule has 4 saturated heterocycles. The van der Waals surface area contributed by atoms with Crippen LogP contribution in [0.3, 0.4) is 0 Å². The molecule has 4 aliphatic heterocycles. The molecule has 252 valence electrons. The van der Waals surface area contributed by atoms with Crippen LogP contribution in [0.25, 0.3) is 0 Å². The summed E-state index contributed by atoms with van der Waals surface area (Å²) in [4.78, 5) is 0. The van der Waals surface area contributed by atoms with E-state index in [-0.39, 0.29) is 0 Å². The lowest BCUT2D eigenvalue weighted by atomic mass is 9.95. The maximum Gasteiger partial charge on any atom is 0.187 e. The first kappa shape index (κ1) is 35.1. The van der Waals surface area contributed by atoms with E-state index in [2.05, 4.69) is 0 Å². The summed E-state index contributed by atoms with van der Waals surface area (Å²) in [7, 11) is 0.